The third kappa shape index (κ3) is 3.70. The molecule has 1 aliphatic heterocycles. The van der Waals surface area contributed by atoms with Gasteiger partial charge >= 0.3 is 5.97 Å². The number of carbonyl (C=O) groups excluding carboxylic acids is 1. The Hall–Kier alpha value is -3.41. The summed E-state index contributed by atoms with van der Waals surface area (Å²) in [5.41, 5.74) is 7.20. The lowest BCUT2D eigenvalue weighted by Gasteiger charge is -2.37. The number of aromatic nitrogens is 2. The van der Waals surface area contributed by atoms with Crippen LogP contribution < -0.4 is 9.80 Å². The van der Waals surface area contributed by atoms with E-state index in [4.69, 9.17) is 4.74 Å². The largest absolute Gasteiger partial charge is 0.462 e. The predicted molar refractivity (Wildman–Crippen MR) is 126 cm³/mol. The predicted octanol–water partition coefficient (Wildman–Crippen LogP) is 4.05. The van der Waals surface area contributed by atoms with Crippen molar-refractivity contribution in [3.63, 3.8) is 0 Å². The van der Waals surface area contributed by atoms with Crippen LogP contribution in [0.3, 0.4) is 0 Å². The Bertz CT molecular complexity index is 1150. The maximum atomic E-state index is 13.1. The summed E-state index contributed by atoms with van der Waals surface area (Å²) in [6.45, 7) is 7.60. The van der Waals surface area contributed by atoms with Crippen LogP contribution >= 0.6 is 0 Å². The summed E-state index contributed by atoms with van der Waals surface area (Å²) in [5, 5.41) is 9.20. The molecule has 2 heterocycles. The Labute approximate surface area is 188 Å². The first kappa shape index (κ1) is 20.5. The van der Waals surface area contributed by atoms with Crippen molar-refractivity contribution in [2.75, 3.05) is 42.6 Å². The average molecular weight is 429 g/mol. The van der Waals surface area contributed by atoms with Gasteiger partial charge in [0, 0.05) is 37.4 Å². The van der Waals surface area contributed by atoms with Gasteiger partial charge in [-0.15, -0.1) is 10.2 Å². The molecule has 3 aromatic rings. The molecule has 1 saturated heterocycles. The lowest BCUT2D eigenvalue weighted by molar-refractivity contribution is 0.0525. The molecule has 0 saturated carbocycles. The van der Waals surface area contributed by atoms with Crippen LogP contribution in [-0.2, 0) is 17.6 Å². The average Bonchev–Trinajstić information content (AvgIpc) is 2.83. The molecule has 0 bridgehead atoms. The number of anilines is 2. The van der Waals surface area contributed by atoms with Gasteiger partial charge in [-0.05, 0) is 55.5 Å². The number of hydrogen-bond acceptors (Lipinski definition) is 6. The van der Waals surface area contributed by atoms with Crippen molar-refractivity contribution in [3.8, 4) is 11.3 Å². The minimum absolute atomic E-state index is 0.297. The van der Waals surface area contributed by atoms with Crippen LogP contribution in [0.2, 0.25) is 0 Å². The Morgan fingerprint density at radius 2 is 1.75 bits per heavy atom. The van der Waals surface area contributed by atoms with E-state index in [9.17, 15) is 4.79 Å². The zero-order valence-electron chi connectivity index (χ0n) is 18.7. The van der Waals surface area contributed by atoms with Crippen molar-refractivity contribution in [3.05, 3.63) is 70.8 Å². The number of rotatable bonds is 4. The number of esters is 1. The van der Waals surface area contributed by atoms with E-state index in [0.717, 1.165) is 55.8 Å². The van der Waals surface area contributed by atoms with E-state index < -0.39 is 0 Å². The van der Waals surface area contributed by atoms with Crippen LogP contribution in [0, 0.1) is 6.92 Å². The van der Waals surface area contributed by atoms with E-state index in [1.54, 1.807) is 0 Å². The van der Waals surface area contributed by atoms with Gasteiger partial charge in [0.15, 0.2) is 5.82 Å². The fourth-order valence-electron chi connectivity index (χ4n) is 4.79. The number of piperazine rings is 1. The molecule has 2 aliphatic rings. The second kappa shape index (κ2) is 8.61. The first-order valence-electron chi connectivity index (χ1n) is 11.4. The molecule has 32 heavy (non-hydrogen) atoms. The summed E-state index contributed by atoms with van der Waals surface area (Å²) < 4.78 is 5.47. The molecule has 0 radical (unpaired) electrons. The molecule has 1 aromatic heterocycles. The summed E-state index contributed by atoms with van der Waals surface area (Å²) in [6.07, 6.45) is 1.66. The van der Waals surface area contributed by atoms with Crippen LogP contribution in [0.25, 0.3) is 11.3 Å². The van der Waals surface area contributed by atoms with Crippen molar-refractivity contribution in [1.29, 1.82) is 0 Å². The molecule has 0 spiro atoms. The lowest BCUT2D eigenvalue weighted by atomic mass is 9.87. The fraction of sp³-hybridized carbons (Fsp3) is 0.346. The molecular formula is C26H28N4O2. The number of fused-ring (bicyclic) bond motifs is 3. The van der Waals surface area contributed by atoms with Gasteiger partial charge in [0.25, 0.3) is 0 Å². The first-order chi connectivity index (χ1) is 15.7. The van der Waals surface area contributed by atoms with Crippen molar-refractivity contribution in [1.82, 2.24) is 10.2 Å². The standard InChI is InChI=1S/C26H28N4O2/c1-3-32-26(31)23-22-12-11-19-8-4-5-10-21(19)24(22)27-28-25(23)30-15-13-29(14-16-30)20-9-6-7-18(2)17-20/h4-10,17H,3,11-16H2,1-2H3. The van der Waals surface area contributed by atoms with E-state index in [0.29, 0.717) is 18.0 Å². The van der Waals surface area contributed by atoms with Crippen LogP contribution in [0.1, 0.15) is 34.0 Å². The molecule has 6 nitrogen and oxygen atoms in total. The lowest BCUT2D eigenvalue weighted by Crippen LogP contribution is -2.47. The molecular weight excluding hydrogens is 400 g/mol. The number of benzene rings is 2. The summed E-state index contributed by atoms with van der Waals surface area (Å²) in [5.74, 6) is 0.361. The summed E-state index contributed by atoms with van der Waals surface area (Å²) in [7, 11) is 0. The maximum Gasteiger partial charge on any atom is 0.342 e. The third-order valence-electron chi connectivity index (χ3n) is 6.40. The minimum Gasteiger partial charge on any atom is -0.462 e. The summed E-state index contributed by atoms with van der Waals surface area (Å²) in [6, 6.07) is 16.8. The molecule has 164 valence electrons. The van der Waals surface area contributed by atoms with Gasteiger partial charge in [0.2, 0.25) is 0 Å². The number of aryl methyl sites for hydroxylation is 2. The van der Waals surface area contributed by atoms with Crippen LogP contribution in [0.15, 0.2) is 48.5 Å². The zero-order valence-corrected chi connectivity index (χ0v) is 18.7. The summed E-state index contributed by atoms with van der Waals surface area (Å²) in [4.78, 5) is 17.7. The number of carbonyl (C=O) groups is 1. The Balaban J connectivity index is 1.48. The van der Waals surface area contributed by atoms with E-state index in [2.05, 4.69) is 63.3 Å². The number of ether oxygens (including phenoxy) is 1. The molecule has 1 aliphatic carbocycles. The highest BCUT2D eigenvalue weighted by Gasteiger charge is 2.31. The van der Waals surface area contributed by atoms with Gasteiger partial charge < -0.3 is 14.5 Å². The minimum atomic E-state index is -0.297. The van der Waals surface area contributed by atoms with Gasteiger partial charge in [0.1, 0.15) is 5.56 Å². The molecule has 0 N–H and O–H groups in total. The fourth-order valence-corrected chi connectivity index (χ4v) is 4.79. The van der Waals surface area contributed by atoms with E-state index in [-0.39, 0.29) is 5.97 Å². The molecule has 0 unspecified atom stereocenters. The van der Waals surface area contributed by atoms with Gasteiger partial charge in [-0.1, -0.05) is 36.4 Å². The van der Waals surface area contributed by atoms with Crippen LogP contribution in [0.4, 0.5) is 11.5 Å². The Morgan fingerprint density at radius 3 is 2.53 bits per heavy atom. The smallest absolute Gasteiger partial charge is 0.342 e. The second-order valence-corrected chi connectivity index (χ2v) is 8.42. The van der Waals surface area contributed by atoms with Crippen LogP contribution in [-0.4, -0.2) is 49.0 Å². The highest BCUT2D eigenvalue weighted by Crippen LogP contribution is 2.36. The van der Waals surface area contributed by atoms with E-state index >= 15 is 0 Å². The number of nitrogens with zero attached hydrogens (tertiary/aromatic N) is 4. The molecule has 1 fully saturated rings. The van der Waals surface area contributed by atoms with Crippen molar-refractivity contribution in [2.24, 2.45) is 0 Å². The molecule has 0 atom stereocenters. The molecule has 0 amide bonds. The van der Waals surface area contributed by atoms with Crippen molar-refractivity contribution >= 4 is 17.5 Å². The first-order valence-corrected chi connectivity index (χ1v) is 11.4. The van der Waals surface area contributed by atoms with Gasteiger partial charge in [0.05, 0.1) is 12.3 Å². The second-order valence-electron chi connectivity index (χ2n) is 8.42. The Morgan fingerprint density at radius 1 is 0.969 bits per heavy atom. The highest BCUT2D eigenvalue weighted by molar-refractivity contribution is 5.98. The van der Waals surface area contributed by atoms with Crippen molar-refractivity contribution in [2.45, 2.75) is 26.7 Å². The quantitative estimate of drug-likeness (QED) is 0.584. The molecule has 6 heteroatoms. The molecule has 5 rings (SSSR count). The normalized spacial score (nSPS) is 15.2. The topological polar surface area (TPSA) is 58.6 Å². The third-order valence-corrected chi connectivity index (χ3v) is 6.40. The zero-order chi connectivity index (χ0) is 22.1. The van der Waals surface area contributed by atoms with Gasteiger partial charge in [-0.25, -0.2) is 4.79 Å². The highest BCUT2D eigenvalue weighted by atomic mass is 16.5. The Kier molecular flexibility index (Phi) is 5.52. The van der Waals surface area contributed by atoms with Gasteiger partial charge in [-0.3, -0.25) is 0 Å². The van der Waals surface area contributed by atoms with Crippen LogP contribution in [0.5, 0.6) is 0 Å². The maximum absolute atomic E-state index is 13.1. The number of hydrogen-bond donors (Lipinski definition) is 0. The molecule has 2 aromatic carbocycles. The van der Waals surface area contributed by atoms with Gasteiger partial charge in [-0.2, -0.15) is 0 Å². The van der Waals surface area contributed by atoms with E-state index in [1.165, 1.54) is 16.8 Å². The monoisotopic (exact) mass is 428 g/mol. The van der Waals surface area contributed by atoms with E-state index in [1.807, 2.05) is 19.1 Å². The van der Waals surface area contributed by atoms with Crippen molar-refractivity contribution < 1.29 is 9.53 Å². The SMILES string of the molecule is CCOC(=O)c1c(N2CCN(c3cccc(C)c3)CC2)nnc2c1CCc1ccccc1-2. The summed E-state index contributed by atoms with van der Waals surface area (Å²) >= 11 is 0.